The van der Waals surface area contributed by atoms with E-state index in [1.54, 1.807) is 0 Å². The van der Waals surface area contributed by atoms with Gasteiger partial charge in [-0.05, 0) is 38.8 Å². The molecular formula is C21H35IN6O. The summed E-state index contributed by atoms with van der Waals surface area (Å²) in [5.74, 6) is 2.73. The van der Waals surface area contributed by atoms with Crippen LogP contribution in [0, 0.1) is 0 Å². The van der Waals surface area contributed by atoms with Gasteiger partial charge in [-0.25, -0.2) is 9.98 Å². The van der Waals surface area contributed by atoms with Crippen molar-refractivity contribution in [3.8, 4) is 0 Å². The first-order valence-electron chi connectivity index (χ1n) is 10.3. The maximum Gasteiger partial charge on any atom is 0.191 e. The molecule has 0 unspecified atom stereocenters. The van der Waals surface area contributed by atoms with Crippen molar-refractivity contribution in [1.82, 2.24) is 20.8 Å². The molecule has 0 aliphatic heterocycles. The van der Waals surface area contributed by atoms with Gasteiger partial charge in [-0.2, -0.15) is 0 Å². The number of pyridine rings is 1. The van der Waals surface area contributed by atoms with Crippen molar-refractivity contribution < 1.29 is 4.52 Å². The number of aromatic nitrogens is 2. The zero-order chi connectivity index (χ0) is 20.4. The van der Waals surface area contributed by atoms with Crippen LogP contribution in [-0.2, 0) is 25.9 Å². The molecule has 0 aromatic carbocycles. The molecule has 162 valence electrons. The fourth-order valence-electron chi connectivity index (χ4n) is 3.07. The van der Waals surface area contributed by atoms with Crippen LogP contribution in [0.5, 0.6) is 0 Å². The van der Waals surface area contributed by atoms with Gasteiger partial charge in [-0.3, -0.25) is 0 Å². The topological polar surface area (TPSA) is 78.6 Å². The van der Waals surface area contributed by atoms with Crippen LogP contribution in [0.1, 0.15) is 57.2 Å². The van der Waals surface area contributed by atoms with E-state index in [2.05, 4.69) is 72.4 Å². The molecule has 7 nitrogen and oxygen atoms in total. The van der Waals surface area contributed by atoms with E-state index in [1.807, 2.05) is 6.20 Å². The second-order valence-corrected chi connectivity index (χ2v) is 6.48. The number of guanidine groups is 1. The molecule has 0 radical (unpaired) electrons. The molecule has 2 aromatic rings. The van der Waals surface area contributed by atoms with Gasteiger partial charge < -0.3 is 20.1 Å². The molecular weight excluding hydrogens is 479 g/mol. The average Bonchev–Trinajstić information content (AvgIpc) is 3.14. The first-order chi connectivity index (χ1) is 13.7. The smallest absolute Gasteiger partial charge is 0.191 e. The molecule has 2 N–H and O–H groups in total. The molecule has 2 heterocycles. The van der Waals surface area contributed by atoms with Crippen LogP contribution in [-0.4, -0.2) is 35.7 Å². The van der Waals surface area contributed by atoms with Crippen molar-refractivity contribution in [1.29, 1.82) is 0 Å². The fourth-order valence-corrected chi connectivity index (χ4v) is 3.07. The van der Waals surface area contributed by atoms with Crippen LogP contribution in [0.25, 0.3) is 0 Å². The summed E-state index contributed by atoms with van der Waals surface area (Å²) in [6.07, 6.45) is 3.60. The SMILES string of the molecule is CCNC(=NCc1ccc(N(CC)CC)nc1)NCc1c(CC)noc1CC.I. The zero-order valence-electron chi connectivity index (χ0n) is 18.3. The van der Waals surface area contributed by atoms with Crippen LogP contribution in [0.4, 0.5) is 5.82 Å². The monoisotopic (exact) mass is 514 g/mol. The summed E-state index contributed by atoms with van der Waals surface area (Å²) in [6, 6.07) is 4.16. The lowest BCUT2D eigenvalue weighted by atomic mass is 10.1. The molecule has 2 aromatic heterocycles. The Hall–Kier alpha value is -1.84. The average molecular weight is 514 g/mol. The molecule has 0 saturated carbocycles. The van der Waals surface area contributed by atoms with Crippen LogP contribution in [0.2, 0.25) is 0 Å². The summed E-state index contributed by atoms with van der Waals surface area (Å²) >= 11 is 0. The Morgan fingerprint density at radius 2 is 1.83 bits per heavy atom. The Morgan fingerprint density at radius 3 is 2.38 bits per heavy atom. The number of hydrogen-bond acceptors (Lipinski definition) is 5. The van der Waals surface area contributed by atoms with Crippen LogP contribution in [0.3, 0.4) is 0 Å². The largest absolute Gasteiger partial charge is 0.361 e. The molecule has 0 amide bonds. The molecule has 0 saturated heterocycles. The molecule has 0 fully saturated rings. The lowest BCUT2D eigenvalue weighted by molar-refractivity contribution is 0.380. The first-order valence-corrected chi connectivity index (χ1v) is 10.3. The summed E-state index contributed by atoms with van der Waals surface area (Å²) < 4.78 is 5.44. The predicted octanol–water partition coefficient (Wildman–Crippen LogP) is 3.91. The van der Waals surface area contributed by atoms with Crippen molar-refractivity contribution >= 4 is 35.8 Å². The van der Waals surface area contributed by atoms with Gasteiger partial charge in [-0.15, -0.1) is 24.0 Å². The van der Waals surface area contributed by atoms with E-state index in [-0.39, 0.29) is 24.0 Å². The molecule has 0 spiro atoms. The summed E-state index contributed by atoms with van der Waals surface area (Å²) in [7, 11) is 0. The second kappa shape index (κ2) is 13.4. The molecule has 0 atom stereocenters. The lowest BCUT2D eigenvalue weighted by Crippen LogP contribution is -2.37. The van der Waals surface area contributed by atoms with E-state index >= 15 is 0 Å². The molecule has 0 aliphatic rings. The zero-order valence-corrected chi connectivity index (χ0v) is 20.6. The number of nitrogens with zero attached hydrogens (tertiary/aromatic N) is 4. The maximum atomic E-state index is 5.44. The van der Waals surface area contributed by atoms with Gasteiger partial charge in [0.15, 0.2) is 5.96 Å². The normalized spacial score (nSPS) is 11.1. The van der Waals surface area contributed by atoms with Gasteiger partial charge >= 0.3 is 0 Å². The Labute approximate surface area is 191 Å². The van der Waals surface area contributed by atoms with Gasteiger partial charge in [0.2, 0.25) is 0 Å². The Bertz CT molecular complexity index is 719. The lowest BCUT2D eigenvalue weighted by Gasteiger charge is -2.19. The van der Waals surface area contributed by atoms with Crippen molar-refractivity contribution in [2.45, 2.75) is 60.5 Å². The van der Waals surface area contributed by atoms with Crippen LogP contribution in [0.15, 0.2) is 27.8 Å². The summed E-state index contributed by atoms with van der Waals surface area (Å²) in [4.78, 5) is 11.5. The number of nitrogens with one attached hydrogen (secondary N) is 2. The third-order valence-corrected chi connectivity index (χ3v) is 4.70. The van der Waals surface area contributed by atoms with E-state index in [0.717, 1.165) is 66.8 Å². The quantitative estimate of drug-likeness (QED) is 0.285. The van der Waals surface area contributed by atoms with Gasteiger partial charge in [0.1, 0.15) is 11.6 Å². The van der Waals surface area contributed by atoms with E-state index in [4.69, 9.17) is 9.52 Å². The van der Waals surface area contributed by atoms with Crippen molar-refractivity contribution in [2.24, 2.45) is 4.99 Å². The Morgan fingerprint density at radius 1 is 1.07 bits per heavy atom. The highest BCUT2D eigenvalue weighted by molar-refractivity contribution is 14.0. The summed E-state index contributed by atoms with van der Waals surface area (Å²) in [6.45, 7) is 14.5. The highest BCUT2D eigenvalue weighted by Crippen LogP contribution is 2.15. The minimum Gasteiger partial charge on any atom is -0.361 e. The molecule has 29 heavy (non-hydrogen) atoms. The molecule has 0 aliphatic carbocycles. The number of halogens is 1. The number of anilines is 1. The fraction of sp³-hybridized carbons (Fsp3) is 0.571. The van der Waals surface area contributed by atoms with E-state index in [0.29, 0.717) is 13.1 Å². The first kappa shape index (κ1) is 25.2. The third-order valence-electron chi connectivity index (χ3n) is 4.70. The Kier molecular flexibility index (Phi) is 11.6. The Balaban J connectivity index is 0.00000420. The van der Waals surface area contributed by atoms with Crippen LogP contribution < -0.4 is 15.5 Å². The van der Waals surface area contributed by atoms with E-state index in [1.165, 1.54) is 0 Å². The van der Waals surface area contributed by atoms with Gasteiger partial charge in [-0.1, -0.05) is 25.1 Å². The molecule has 8 heteroatoms. The number of aliphatic imine (C=N–C) groups is 1. The second-order valence-electron chi connectivity index (χ2n) is 6.48. The number of aryl methyl sites for hydroxylation is 2. The highest BCUT2D eigenvalue weighted by Gasteiger charge is 2.13. The molecule has 2 rings (SSSR count). The van der Waals surface area contributed by atoms with Crippen molar-refractivity contribution in [3.63, 3.8) is 0 Å². The van der Waals surface area contributed by atoms with Crippen LogP contribution >= 0.6 is 24.0 Å². The van der Waals surface area contributed by atoms with E-state index < -0.39 is 0 Å². The standard InChI is InChI=1S/C21H34N6O.HI/c1-6-18-17(19(7-2)28-26-18)15-25-21(22-8-3)24-14-16-11-12-20(23-13-16)27(9-4)10-5;/h11-13H,6-10,14-15H2,1-5H3,(H2,22,24,25);1H. The van der Waals surface area contributed by atoms with Crippen molar-refractivity contribution in [3.05, 3.63) is 40.9 Å². The summed E-state index contributed by atoms with van der Waals surface area (Å²) in [5.41, 5.74) is 3.24. The highest BCUT2D eigenvalue weighted by atomic mass is 127. The van der Waals surface area contributed by atoms with Gasteiger partial charge in [0.05, 0.1) is 12.2 Å². The van der Waals surface area contributed by atoms with E-state index in [9.17, 15) is 0 Å². The molecule has 0 bridgehead atoms. The number of rotatable bonds is 10. The minimum atomic E-state index is 0. The number of hydrogen-bond donors (Lipinski definition) is 2. The third kappa shape index (κ3) is 7.17. The minimum absolute atomic E-state index is 0. The van der Waals surface area contributed by atoms with Crippen molar-refractivity contribution in [2.75, 3.05) is 24.5 Å². The van der Waals surface area contributed by atoms with Gasteiger partial charge in [0.25, 0.3) is 0 Å². The predicted molar refractivity (Wildman–Crippen MR) is 130 cm³/mol. The van der Waals surface area contributed by atoms with Gasteiger partial charge in [0, 0.05) is 44.4 Å². The maximum absolute atomic E-state index is 5.44. The summed E-state index contributed by atoms with van der Waals surface area (Å²) in [5, 5.41) is 10.9.